The van der Waals surface area contributed by atoms with Crippen LogP contribution in [0, 0.1) is 18.3 Å². The van der Waals surface area contributed by atoms with Crippen LogP contribution >= 0.6 is 11.8 Å². The summed E-state index contributed by atoms with van der Waals surface area (Å²) < 4.78 is 5.03. The van der Waals surface area contributed by atoms with E-state index in [0.29, 0.717) is 30.3 Å². The van der Waals surface area contributed by atoms with Crippen LogP contribution in [0.15, 0.2) is 59.1 Å². The number of allylic oxidation sites excluding steroid dienone is 1. The first-order chi connectivity index (χ1) is 15.0. The highest BCUT2D eigenvalue weighted by molar-refractivity contribution is 8.03. The van der Waals surface area contributed by atoms with Gasteiger partial charge in [0.05, 0.1) is 41.4 Å². The van der Waals surface area contributed by atoms with Gasteiger partial charge in [-0.3, -0.25) is 9.69 Å². The van der Waals surface area contributed by atoms with Gasteiger partial charge in [-0.2, -0.15) is 5.26 Å². The highest BCUT2D eigenvalue weighted by Crippen LogP contribution is 2.43. The summed E-state index contributed by atoms with van der Waals surface area (Å²) in [4.78, 5) is 28.6. The number of thioether (sulfide) groups is 1. The van der Waals surface area contributed by atoms with Gasteiger partial charge >= 0.3 is 5.97 Å². The van der Waals surface area contributed by atoms with Gasteiger partial charge in [0.2, 0.25) is 5.91 Å². The summed E-state index contributed by atoms with van der Waals surface area (Å²) in [5.74, 6) is 0.0791. The van der Waals surface area contributed by atoms with Crippen molar-refractivity contribution >= 4 is 29.3 Å². The summed E-state index contributed by atoms with van der Waals surface area (Å²) >= 11 is 1.50. The highest BCUT2D eigenvalue weighted by atomic mass is 32.2. The molecule has 7 heteroatoms. The van der Waals surface area contributed by atoms with E-state index >= 15 is 0 Å². The third-order valence-electron chi connectivity index (χ3n) is 5.52. The molecule has 0 aliphatic carbocycles. The van der Waals surface area contributed by atoms with Gasteiger partial charge in [-0.1, -0.05) is 41.6 Å². The van der Waals surface area contributed by atoms with Crippen molar-refractivity contribution in [3.63, 3.8) is 0 Å². The number of rotatable bonds is 4. The van der Waals surface area contributed by atoms with E-state index in [1.807, 2.05) is 43.3 Å². The first-order valence-corrected chi connectivity index (χ1v) is 11.2. The van der Waals surface area contributed by atoms with Gasteiger partial charge in [0.25, 0.3) is 0 Å². The van der Waals surface area contributed by atoms with Gasteiger partial charge in [0.1, 0.15) is 0 Å². The van der Waals surface area contributed by atoms with Crippen LogP contribution in [0.3, 0.4) is 0 Å². The molecule has 0 bridgehead atoms. The van der Waals surface area contributed by atoms with Crippen LogP contribution in [0.2, 0.25) is 0 Å². The van der Waals surface area contributed by atoms with Crippen LogP contribution in [0.25, 0.3) is 0 Å². The Morgan fingerprint density at radius 3 is 2.55 bits per heavy atom. The number of benzene rings is 2. The molecule has 4 rings (SSSR count). The van der Waals surface area contributed by atoms with Crippen molar-refractivity contribution in [1.29, 1.82) is 5.26 Å². The molecule has 6 nitrogen and oxygen atoms in total. The van der Waals surface area contributed by atoms with Gasteiger partial charge in [0, 0.05) is 18.0 Å². The fraction of sp³-hybridized carbons (Fsp3) is 0.292. The fourth-order valence-electron chi connectivity index (χ4n) is 3.83. The Bertz CT molecular complexity index is 1070. The molecule has 0 saturated carbocycles. The number of aryl methyl sites for hydroxylation is 1. The molecule has 1 atom stereocenters. The Hall–Kier alpha value is -3.24. The molecule has 1 amide bonds. The normalized spacial score (nSPS) is 18.5. The predicted molar refractivity (Wildman–Crippen MR) is 120 cm³/mol. The smallest absolute Gasteiger partial charge is 0.338 e. The zero-order chi connectivity index (χ0) is 22.0. The summed E-state index contributed by atoms with van der Waals surface area (Å²) in [6.45, 7) is 4.51. The number of ether oxygens (including phenoxy) is 1. The molecule has 0 spiro atoms. The number of carbonyl (C=O) groups is 2. The van der Waals surface area contributed by atoms with Crippen molar-refractivity contribution in [2.45, 2.75) is 26.2 Å². The molecule has 0 N–H and O–H groups in total. The van der Waals surface area contributed by atoms with E-state index in [-0.39, 0.29) is 24.2 Å². The zero-order valence-corrected chi connectivity index (χ0v) is 18.3. The number of esters is 1. The van der Waals surface area contributed by atoms with E-state index in [1.165, 1.54) is 11.8 Å². The van der Waals surface area contributed by atoms with Gasteiger partial charge in [0.15, 0.2) is 0 Å². The van der Waals surface area contributed by atoms with Gasteiger partial charge in [-0.25, -0.2) is 4.79 Å². The Balaban J connectivity index is 1.57. The Labute approximate surface area is 186 Å². The molecule has 1 saturated heterocycles. The molecule has 2 aliphatic heterocycles. The predicted octanol–water partition coefficient (Wildman–Crippen LogP) is 4.39. The number of fused-ring (bicyclic) bond motifs is 1. The van der Waals surface area contributed by atoms with Gasteiger partial charge < -0.3 is 9.64 Å². The number of amides is 1. The monoisotopic (exact) mass is 433 g/mol. The standard InChI is InChI=1S/C24H23N3O3S/c1-3-30-24(29)18-8-10-19(11-9-18)26-14-27-22(28)12-20(17-6-4-16(2)5-7-17)21(13-25)23(27)31-15-26/h4-11,20H,3,12,14-15H2,1-2H3/t20-/m1/s1. The van der Waals surface area contributed by atoms with Crippen LogP contribution in [-0.2, 0) is 9.53 Å². The molecular formula is C24H23N3O3S. The van der Waals surface area contributed by atoms with E-state index in [1.54, 1.807) is 24.0 Å². The van der Waals surface area contributed by atoms with Crippen LogP contribution in [0.1, 0.15) is 40.7 Å². The minimum atomic E-state index is -0.348. The van der Waals surface area contributed by atoms with E-state index in [2.05, 4.69) is 11.0 Å². The number of anilines is 1. The van der Waals surface area contributed by atoms with Crippen molar-refractivity contribution in [2.75, 3.05) is 24.1 Å². The molecule has 31 heavy (non-hydrogen) atoms. The Kier molecular flexibility index (Phi) is 6.01. The zero-order valence-electron chi connectivity index (χ0n) is 17.5. The molecule has 1 fully saturated rings. The van der Waals surface area contributed by atoms with Crippen molar-refractivity contribution in [3.8, 4) is 6.07 Å². The van der Waals surface area contributed by atoms with Crippen molar-refractivity contribution in [1.82, 2.24) is 4.90 Å². The lowest BCUT2D eigenvalue weighted by Crippen LogP contribution is -2.47. The molecule has 0 unspecified atom stereocenters. The van der Waals surface area contributed by atoms with E-state index in [4.69, 9.17) is 4.74 Å². The average molecular weight is 434 g/mol. The average Bonchev–Trinajstić information content (AvgIpc) is 2.79. The number of hydrogen-bond acceptors (Lipinski definition) is 6. The largest absolute Gasteiger partial charge is 0.462 e. The summed E-state index contributed by atoms with van der Waals surface area (Å²) in [6, 6.07) is 17.6. The second-order valence-electron chi connectivity index (χ2n) is 7.54. The second kappa shape index (κ2) is 8.86. The van der Waals surface area contributed by atoms with Crippen LogP contribution in [-0.4, -0.2) is 35.9 Å². The number of nitriles is 1. The van der Waals surface area contributed by atoms with Gasteiger partial charge in [-0.15, -0.1) is 0 Å². The molecule has 0 aromatic heterocycles. The number of nitrogens with zero attached hydrogens (tertiary/aromatic N) is 3. The summed E-state index contributed by atoms with van der Waals surface area (Å²) in [7, 11) is 0. The molecule has 2 heterocycles. The number of hydrogen-bond donors (Lipinski definition) is 0. The SMILES string of the molecule is CCOC(=O)c1ccc(N2CSC3=C(C#N)[C@@H](c4ccc(C)cc4)CC(=O)N3C2)cc1. The summed E-state index contributed by atoms with van der Waals surface area (Å²) in [5.41, 5.74) is 4.21. The van der Waals surface area contributed by atoms with Crippen molar-refractivity contribution < 1.29 is 14.3 Å². The maximum Gasteiger partial charge on any atom is 0.338 e. The lowest BCUT2D eigenvalue weighted by Gasteiger charge is -2.42. The van der Waals surface area contributed by atoms with Crippen molar-refractivity contribution in [2.24, 2.45) is 0 Å². The molecule has 158 valence electrons. The minimum absolute atomic E-state index is 0.0138. The third kappa shape index (κ3) is 4.17. The lowest BCUT2D eigenvalue weighted by molar-refractivity contribution is -0.129. The molecule has 2 aromatic rings. The Morgan fingerprint density at radius 2 is 1.90 bits per heavy atom. The number of carbonyl (C=O) groups excluding carboxylic acids is 2. The molecule has 2 aliphatic rings. The first kappa shape index (κ1) is 21.0. The van der Waals surface area contributed by atoms with Crippen LogP contribution in [0.4, 0.5) is 5.69 Å². The maximum absolute atomic E-state index is 13.0. The lowest BCUT2D eigenvalue weighted by atomic mass is 9.86. The quantitative estimate of drug-likeness (QED) is 0.666. The van der Waals surface area contributed by atoms with E-state index in [9.17, 15) is 14.9 Å². The Morgan fingerprint density at radius 1 is 1.19 bits per heavy atom. The van der Waals surface area contributed by atoms with Gasteiger partial charge in [-0.05, 0) is 43.7 Å². The van der Waals surface area contributed by atoms with Crippen LogP contribution < -0.4 is 4.90 Å². The molecule has 0 radical (unpaired) electrons. The molecule has 2 aromatic carbocycles. The van der Waals surface area contributed by atoms with Crippen LogP contribution in [0.5, 0.6) is 0 Å². The minimum Gasteiger partial charge on any atom is -0.462 e. The fourth-order valence-corrected chi connectivity index (χ4v) is 5.00. The highest BCUT2D eigenvalue weighted by Gasteiger charge is 2.38. The summed E-state index contributed by atoms with van der Waals surface area (Å²) in [5, 5.41) is 10.6. The van der Waals surface area contributed by atoms with E-state index < -0.39 is 0 Å². The first-order valence-electron chi connectivity index (χ1n) is 10.2. The second-order valence-corrected chi connectivity index (χ2v) is 8.48. The topological polar surface area (TPSA) is 73.6 Å². The maximum atomic E-state index is 13.0. The van der Waals surface area contributed by atoms with E-state index in [0.717, 1.165) is 21.8 Å². The van der Waals surface area contributed by atoms with Crippen molar-refractivity contribution in [3.05, 3.63) is 75.8 Å². The third-order valence-corrected chi connectivity index (χ3v) is 6.67. The molecular weight excluding hydrogens is 410 g/mol. The summed E-state index contributed by atoms with van der Waals surface area (Å²) in [6.07, 6.45) is 0.283.